The molecule has 0 unspecified atom stereocenters. The largest absolute Gasteiger partial charge is 0.508 e. The lowest BCUT2D eigenvalue weighted by atomic mass is 10.0. The smallest absolute Gasteiger partial charge is 0.121 e. The summed E-state index contributed by atoms with van der Waals surface area (Å²) in [5, 5.41) is 18.5. The first-order chi connectivity index (χ1) is 6.29. The Morgan fingerprint density at radius 3 is 2.69 bits per heavy atom. The minimum atomic E-state index is -0.0777. The van der Waals surface area contributed by atoms with Crippen LogP contribution in [0.4, 0.5) is 0 Å². The lowest BCUT2D eigenvalue weighted by molar-refractivity contribution is 0.274. The van der Waals surface area contributed by atoms with Gasteiger partial charge >= 0.3 is 0 Å². The number of aliphatic hydroxyl groups is 1. The number of aliphatic hydroxyl groups excluding tert-OH is 1. The molecule has 0 aromatic heterocycles. The molecule has 0 bridgehead atoms. The number of aryl methyl sites for hydroxylation is 1. The van der Waals surface area contributed by atoms with Crippen molar-refractivity contribution in [1.29, 1.82) is 0 Å². The van der Waals surface area contributed by atoms with Gasteiger partial charge in [0.2, 0.25) is 0 Å². The second-order valence-electron chi connectivity index (χ2n) is 3.18. The van der Waals surface area contributed by atoms with Gasteiger partial charge in [-0.25, -0.2) is 0 Å². The second-order valence-corrected chi connectivity index (χ2v) is 3.18. The van der Waals surface area contributed by atoms with Crippen LogP contribution in [0, 0.1) is 0 Å². The van der Waals surface area contributed by atoms with Crippen molar-refractivity contribution < 1.29 is 10.2 Å². The molecular formula is C11H16O2. The van der Waals surface area contributed by atoms with Crippen LogP contribution in [0.2, 0.25) is 0 Å². The van der Waals surface area contributed by atoms with E-state index in [-0.39, 0.29) is 12.4 Å². The molecule has 0 spiro atoms. The summed E-state index contributed by atoms with van der Waals surface area (Å²) < 4.78 is 0. The maximum Gasteiger partial charge on any atom is 0.121 e. The van der Waals surface area contributed by atoms with E-state index in [1.165, 1.54) is 0 Å². The van der Waals surface area contributed by atoms with Crippen LogP contribution >= 0.6 is 0 Å². The molecule has 1 rings (SSSR count). The molecular weight excluding hydrogens is 164 g/mol. The fourth-order valence-corrected chi connectivity index (χ4v) is 1.41. The van der Waals surface area contributed by atoms with Gasteiger partial charge in [0.25, 0.3) is 0 Å². The molecule has 0 heterocycles. The van der Waals surface area contributed by atoms with Crippen LogP contribution in [0.15, 0.2) is 18.2 Å². The van der Waals surface area contributed by atoms with Gasteiger partial charge in [0.05, 0.1) is 6.61 Å². The van der Waals surface area contributed by atoms with Gasteiger partial charge in [-0.05, 0) is 24.5 Å². The quantitative estimate of drug-likeness (QED) is 0.746. The average molecular weight is 180 g/mol. The van der Waals surface area contributed by atoms with E-state index in [0.717, 1.165) is 24.8 Å². The maximum absolute atomic E-state index is 9.43. The highest BCUT2D eigenvalue weighted by molar-refractivity contribution is 5.38. The van der Waals surface area contributed by atoms with E-state index in [1.807, 2.05) is 12.1 Å². The zero-order valence-electron chi connectivity index (χ0n) is 7.95. The Morgan fingerprint density at radius 2 is 2.08 bits per heavy atom. The summed E-state index contributed by atoms with van der Waals surface area (Å²) in [5.74, 6) is 0.205. The SMILES string of the molecule is CCCCc1cccc(O)c1CO. The van der Waals surface area contributed by atoms with Gasteiger partial charge in [0.15, 0.2) is 0 Å². The van der Waals surface area contributed by atoms with E-state index in [4.69, 9.17) is 5.11 Å². The standard InChI is InChI=1S/C11H16O2/c1-2-3-5-9-6-4-7-11(13)10(9)8-12/h4,6-7,12-13H,2-3,5,8H2,1H3. The topological polar surface area (TPSA) is 40.5 Å². The molecule has 0 aliphatic heterocycles. The Morgan fingerprint density at radius 1 is 1.31 bits per heavy atom. The number of hydrogen-bond donors (Lipinski definition) is 2. The molecule has 0 aliphatic carbocycles. The first kappa shape index (κ1) is 10.1. The Labute approximate surface area is 78.8 Å². The van der Waals surface area contributed by atoms with Gasteiger partial charge in [-0.2, -0.15) is 0 Å². The predicted molar refractivity (Wildman–Crippen MR) is 52.6 cm³/mol. The third kappa shape index (κ3) is 2.46. The highest BCUT2D eigenvalue weighted by Gasteiger charge is 2.05. The highest BCUT2D eigenvalue weighted by atomic mass is 16.3. The minimum absolute atomic E-state index is 0.0777. The average Bonchev–Trinajstić information content (AvgIpc) is 2.15. The molecule has 0 radical (unpaired) electrons. The number of unbranched alkanes of at least 4 members (excludes halogenated alkanes) is 1. The summed E-state index contributed by atoms with van der Waals surface area (Å²) in [6.45, 7) is 2.05. The number of aromatic hydroxyl groups is 1. The molecule has 1 aromatic carbocycles. The Balaban J connectivity index is 2.85. The molecule has 2 nitrogen and oxygen atoms in total. The van der Waals surface area contributed by atoms with Gasteiger partial charge in [-0.3, -0.25) is 0 Å². The molecule has 72 valence electrons. The number of hydrogen-bond acceptors (Lipinski definition) is 2. The summed E-state index contributed by atoms with van der Waals surface area (Å²) in [5.41, 5.74) is 1.74. The molecule has 1 aromatic rings. The molecule has 0 atom stereocenters. The van der Waals surface area contributed by atoms with Crippen LogP contribution in [0.5, 0.6) is 5.75 Å². The summed E-state index contributed by atoms with van der Waals surface area (Å²) in [6, 6.07) is 5.39. The molecule has 0 amide bonds. The first-order valence-electron chi connectivity index (χ1n) is 4.70. The lowest BCUT2D eigenvalue weighted by Gasteiger charge is -2.08. The third-order valence-electron chi connectivity index (χ3n) is 2.21. The van der Waals surface area contributed by atoms with Crippen molar-refractivity contribution in [3.63, 3.8) is 0 Å². The Kier molecular flexibility index (Phi) is 3.77. The van der Waals surface area contributed by atoms with E-state index in [1.54, 1.807) is 6.07 Å². The van der Waals surface area contributed by atoms with E-state index in [2.05, 4.69) is 6.92 Å². The molecule has 13 heavy (non-hydrogen) atoms. The maximum atomic E-state index is 9.43. The summed E-state index contributed by atoms with van der Waals surface area (Å²) >= 11 is 0. The zero-order chi connectivity index (χ0) is 9.68. The van der Waals surface area contributed by atoms with Crippen LogP contribution in [-0.2, 0) is 13.0 Å². The normalized spacial score (nSPS) is 10.3. The fraction of sp³-hybridized carbons (Fsp3) is 0.455. The fourth-order valence-electron chi connectivity index (χ4n) is 1.41. The van der Waals surface area contributed by atoms with Gasteiger partial charge in [-0.1, -0.05) is 25.5 Å². The molecule has 2 heteroatoms. The van der Waals surface area contributed by atoms with E-state index in [9.17, 15) is 5.11 Å². The Bertz CT molecular complexity index is 269. The van der Waals surface area contributed by atoms with Gasteiger partial charge in [-0.15, -0.1) is 0 Å². The summed E-state index contributed by atoms with van der Waals surface area (Å²) in [4.78, 5) is 0. The molecule has 0 aliphatic rings. The van der Waals surface area contributed by atoms with Gasteiger partial charge < -0.3 is 10.2 Å². The first-order valence-corrected chi connectivity index (χ1v) is 4.70. The monoisotopic (exact) mass is 180 g/mol. The van der Waals surface area contributed by atoms with Crippen molar-refractivity contribution in [2.24, 2.45) is 0 Å². The molecule has 0 fully saturated rings. The molecule has 0 saturated carbocycles. The third-order valence-corrected chi connectivity index (χ3v) is 2.21. The van der Waals surface area contributed by atoms with Crippen LogP contribution in [0.25, 0.3) is 0 Å². The number of rotatable bonds is 4. The van der Waals surface area contributed by atoms with Crippen molar-refractivity contribution in [1.82, 2.24) is 0 Å². The molecule has 2 N–H and O–H groups in total. The second kappa shape index (κ2) is 4.87. The predicted octanol–water partition coefficient (Wildman–Crippen LogP) is 2.23. The van der Waals surface area contributed by atoms with Gasteiger partial charge in [0, 0.05) is 5.56 Å². The summed E-state index contributed by atoms with van der Waals surface area (Å²) in [7, 11) is 0. The molecule has 0 saturated heterocycles. The van der Waals surface area contributed by atoms with Crippen molar-refractivity contribution in [2.45, 2.75) is 32.8 Å². The van der Waals surface area contributed by atoms with Crippen LogP contribution in [-0.4, -0.2) is 10.2 Å². The van der Waals surface area contributed by atoms with Crippen molar-refractivity contribution in [2.75, 3.05) is 0 Å². The van der Waals surface area contributed by atoms with E-state index < -0.39 is 0 Å². The number of benzene rings is 1. The lowest BCUT2D eigenvalue weighted by Crippen LogP contribution is -1.94. The summed E-state index contributed by atoms with van der Waals surface area (Å²) in [6.07, 6.45) is 3.15. The van der Waals surface area contributed by atoms with E-state index in [0.29, 0.717) is 5.56 Å². The van der Waals surface area contributed by atoms with Crippen molar-refractivity contribution in [3.05, 3.63) is 29.3 Å². The minimum Gasteiger partial charge on any atom is -0.508 e. The zero-order valence-corrected chi connectivity index (χ0v) is 7.95. The Hall–Kier alpha value is -1.02. The van der Waals surface area contributed by atoms with Crippen LogP contribution in [0.1, 0.15) is 30.9 Å². The van der Waals surface area contributed by atoms with Crippen LogP contribution < -0.4 is 0 Å². The van der Waals surface area contributed by atoms with Crippen molar-refractivity contribution >= 4 is 0 Å². The van der Waals surface area contributed by atoms with Gasteiger partial charge in [0.1, 0.15) is 5.75 Å². The van der Waals surface area contributed by atoms with Crippen molar-refractivity contribution in [3.8, 4) is 5.75 Å². The van der Waals surface area contributed by atoms with Crippen LogP contribution in [0.3, 0.4) is 0 Å². The number of phenols is 1. The highest BCUT2D eigenvalue weighted by Crippen LogP contribution is 2.22. The van der Waals surface area contributed by atoms with E-state index >= 15 is 0 Å².